The zero-order valence-electron chi connectivity index (χ0n) is 10.1. The normalized spacial score (nSPS) is 11.2. The number of hydrogen-bond donors (Lipinski definition) is 1. The van der Waals surface area contributed by atoms with Gasteiger partial charge in [-0.15, -0.1) is 0 Å². The number of hydrogen-bond acceptors (Lipinski definition) is 5. The van der Waals surface area contributed by atoms with Crippen molar-refractivity contribution in [3.8, 4) is 5.88 Å². The summed E-state index contributed by atoms with van der Waals surface area (Å²) in [5.41, 5.74) is 2.08. The Hall–Kier alpha value is -2.09. The number of halogens is 4. The van der Waals surface area contributed by atoms with Crippen molar-refractivity contribution in [2.24, 2.45) is 0 Å². The van der Waals surface area contributed by atoms with Crippen LogP contribution in [0.2, 0.25) is 5.02 Å². The lowest BCUT2D eigenvalue weighted by molar-refractivity contribution is -0.137. The fourth-order valence-corrected chi connectivity index (χ4v) is 1.37. The number of alkyl halides is 3. The molecule has 5 nitrogen and oxygen atoms in total. The maximum atomic E-state index is 12.3. The maximum absolute atomic E-state index is 12.3. The van der Waals surface area contributed by atoms with E-state index in [0.29, 0.717) is 11.9 Å². The fraction of sp³-hybridized carbons (Fsp3) is 0.182. The second-order valence-electron chi connectivity index (χ2n) is 3.71. The molecule has 0 bridgehead atoms. The molecule has 0 saturated heterocycles. The first-order chi connectivity index (χ1) is 9.38. The van der Waals surface area contributed by atoms with Crippen molar-refractivity contribution in [3.63, 3.8) is 0 Å². The van der Waals surface area contributed by atoms with Gasteiger partial charge >= 0.3 is 6.18 Å². The van der Waals surface area contributed by atoms with Crippen LogP contribution in [0.1, 0.15) is 11.3 Å². The summed E-state index contributed by atoms with van der Waals surface area (Å²) in [6.07, 6.45) is -2.50. The minimum absolute atomic E-state index is 0.0506. The number of nitrogens with zero attached hydrogens (tertiary/aromatic N) is 3. The Labute approximate surface area is 116 Å². The molecule has 0 radical (unpaired) electrons. The van der Waals surface area contributed by atoms with Crippen molar-refractivity contribution >= 4 is 17.4 Å². The van der Waals surface area contributed by atoms with E-state index in [4.69, 9.17) is 16.4 Å². The van der Waals surface area contributed by atoms with E-state index in [1.807, 2.05) is 0 Å². The molecule has 2 aromatic heterocycles. The highest BCUT2D eigenvalue weighted by molar-refractivity contribution is 6.33. The van der Waals surface area contributed by atoms with Crippen LogP contribution in [0.4, 0.5) is 19.0 Å². The highest BCUT2D eigenvalue weighted by Gasteiger charge is 2.30. The first-order valence-corrected chi connectivity index (χ1v) is 5.69. The quantitative estimate of drug-likeness (QED) is 0.882. The summed E-state index contributed by atoms with van der Waals surface area (Å²) in [7, 11) is 0. The molecule has 0 atom stereocenters. The van der Waals surface area contributed by atoms with Crippen LogP contribution >= 0.6 is 11.6 Å². The van der Waals surface area contributed by atoms with Crippen LogP contribution in [0, 0.1) is 6.92 Å². The molecule has 0 aliphatic heterocycles. The summed E-state index contributed by atoms with van der Waals surface area (Å²) in [5, 5.41) is 0.249. The summed E-state index contributed by atoms with van der Waals surface area (Å²) in [5.74, 6) is 0.145. The third-order valence-electron chi connectivity index (χ3n) is 2.28. The number of anilines is 1. The second kappa shape index (κ2) is 5.49. The lowest BCUT2D eigenvalue weighted by atomic mass is 10.3. The van der Waals surface area contributed by atoms with Gasteiger partial charge in [0.05, 0.1) is 11.3 Å². The van der Waals surface area contributed by atoms with Gasteiger partial charge in [0.15, 0.2) is 5.82 Å². The molecule has 0 fully saturated rings. The summed E-state index contributed by atoms with van der Waals surface area (Å²) in [6.45, 7) is 1.67. The average Bonchev–Trinajstić information content (AvgIpc) is 2.40. The summed E-state index contributed by atoms with van der Waals surface area (Å²) < 4.78 is 37.0. The third kappa shape index (κ3) is 3.27. The van der Waals surface area contributed by atoms with Gasteiger partial charge in [-0.2, -0.15) is 13.2 Å². The molecule has 2 heterocycles. The van der Waals surface area contributed by atoms with Gasteiger partial charge in [0.1, 0.15) is 11.3 Å². The Balaban J connectivity index is 2.06. The van der Waals surface area contributed by atoms with Gasteiger partial charge < -0.3 is 4.84 Å². The van der Waals surface area contributed by atoms with Crippen LogP contribution in [0.15, 0.2) is 24.7 Å². The predicted octanol–water partition coefficient (Wildman–Crippen LogP) is 3.26. The van der Waals surface area contributed by atoms with Crippen molar-refractivity contribution in [2.75, 3.05) is 5.48 Å². The van der Waals surface area contributed by atoms with E-state index in [9.17, 15) is 13.2 Å². The number of rotatable bonds is 3. The van der Waals surface area contributed by atoms with Crippen molar-refractivity contribution in [3.05, 3.63) is 40.9 Å². The molecule has 1 N–H and O–H groups in total. The van der Waals surface area contributed by atoms with Gasteiger partial charge in [0, 0.05) is 12.3 Å². The Bertz CT molecular complexity index is 604. The largest absolute Gasteiger partial charge is 0.417 e. The van der Waals surface area contributed by atoms with E-state index in [1.54, 1.807) is 6.92 Å². The zero-order chi connectivity index (χ0) is 14.8. The molecule has 0 unspecified atom stereocenters. The monoisotopic (exact) mass is 304 g/mol. The molecule has 9 heteroatoms. The Kier molecular flexibility index (Phi) is 3.93. The Morgan fingerprint density at radius 2 is 1.95 bits per heavy atom. The standard InChI is InChI=1S/C11H8ClF3N4O/c1-6-9(12)10(18-5-17-6)19-20-8-3-2-7(4-16-8)11(13,14)15/h2-5H,1H3,(H,17,18,19). The molecule has 0 aliphatic rings. The van der Waals surface area contributed by atoms with Gasteiger partial charge in [-0.05, 0) is 13.0 Å². The van der Waals surface area contributed by atoms with Crippen LogP contribution in [0.5, 0.6) is 5.88 Å². The first kappa shape index (κ1) is 14.3. The highest BCUT2D eigenvalue weighted by atomic mass is 35.5. The summed E-state index contributed by atoms with van der Waals surface area (Å²) >= 11 is 5.91. The zero-order valence-corrected chi connectivity index (χ0v) is 10.8. The lowest BCUT2D eigenvalue weighted by Crippen LogP contribution is -2.10. The van der Waals surface area contributed by atoms with E-state index in [0.717, 1.165) is 12.1 Å². The number of nitrogens with one attached hydrogen (secondary N) is 1. The van der Waals surface area contributed by atoms with Gasteiger partial charge in [-0.3, -0.25) is 0 Å². The van der Waals surface area contributed by atoms with Crippen molar-refractivity contribution in [1.29, 1.82) is 0 Å². The molecule has 2 rings (SSSR count). The van der Waals surface area contributed by atoms with Crippen LogP contribution in [0.3, 0.4) is 0 Å². The topological polar surface area (TPSA) is 59.9 Å². The molecule has 0 aliphatic carbocycles. The molecule has 20 heavy (non-hydrogen) atoms. The van der Waals surface area contributed by atoms with Crippen LogP contribution in [-0.4, -0.2) is 15.0 Å². The SMILES string of the molecule is Cc1ncnc(NOc2ccc(C(F)(F)F)cn2)c1Cl. The molecular weight excluding hydrogens is 297 g/mol. The van der Waals surface area contributed by atoms with Crippen molar-refractivity contribution in [2.45, 2.75) is 13.1 Å². The average molecular weight is 305 g/mol. The van der Waals surface area contributed by atoms with Crippen LogP contribution in [-0.2, 0) is 6.18 Å². The molecule has 0 saturated carbocycles. The van der Waals surface area contributed by atoms with E-state index >= 15 is 0 Å². The lowest BCUT2D eigenvalue weighted by Gasteiger charge is -2.09. The van der Waals surface area contributed by atoms with E-state index in [1.165, 1.54) is 6.33 Å². The van der Waals surface area contributed by atoms with Gasteiger partial charge in [0.25, 0.3) is 0 Å². The minimum atomic E-state index is -4.44. The smallest absolute Gasteiger partial charge is 0.360 e. The van der Waals surface area contributed by atoms with Gasteiger partial charge in [-0.25, -0.2) is 20.4 Å². The number of aromatic nitrogens is 3. The van der Waals surface area contributed by atoms with Crippen LogP contribution < -0.4 is 10.3 Å². The van der Waals surface area contributed by atoms with E-state index in [-0.39, 0.29) is 16.7 Å². The second-order valence-corrected chi connectivity index (χ2v) is 4.09. The number of pyridine rings is 1. The van der Waals surface area contributed by atoms with Crippen LogP contribution in [0.25, 0.3) is 0 Å². The van der Waals surface area contributed by atoms with E-state index < -0.39 is 11.7 Å². The highest BCUT2D eigenvalue weighted by Crippen LogP contribution is 2.29. The molecule has 2 aromatic rings. The minimum Gasteiger partial charge on any atom is -0.360 e. The molecule has 0 aromatic carbocycles. The van der Waals surface area contributed by atoms with Gasteiger partial charge in [-0.1, -0.05) is 11.6 Å². The molecular formula is C11H8ClF3N4O. The van der Waals surface area contributed by atoms with Crippen molar-refractivity contribution < 1.29 is 18.0 Å². The summed E-state index contributed by atoms with van der Waals surface area (Å²) in [6, 6.07) is 1.94. The predicted molar refractivity (Wildman–Crippen MR) is 65.3 cm³/mol. The Morgan fingerprint density at radius 1 is 1.20 bits per heavy atom. The maximum Gasteiger partial charge on any atom is 0.417 e. The third-order valence-corrected chi connectivity index (χ3v) is 2.73. The summed E-state index contributed by atoms with van der Waals surface area (Å²) in [4.78, 5) is 16.2. The van der Waals surface area contributed by atoms with E-state index in [2.05, 4.69) is 20.4 Å². The first-order valence-electron chi connectivity index (χ1n) is 5.31. The van der Waals surface area contributed by atoms with Gasteiger partial charge in [0.2, 0.25) is 5.88 Å². The fourth-order valence-electron chi connectivity index (χ4n) is 1.24. The molecule has 0 amide bonds. The molecule has 0 spiro atoms. The van der Waals surface area contributed by atoms with Crippen molar-refractivity contribution in [1.82, 2.24) is 15.0 Å². The number of aryl methyl sites for hydroxylation is 1. The molecule has 106 valence electrons. The Morgan fingerprint density at radius 3 is 2.55 bits per heavy atom.